The number of nitrogens with one attached hydrogen (secondary N) is 2. The lowest BCUT2D eigenvalue weighted by atomic mass is 10.1. The minimum absolute atomic E-state index is 0.0571. The largest absolute Gasteiger partial charge is 0.471 e. The predicted octanol–water partition coefficient (Wildman–Crippen LogP) is 4.80. The molecule has 0 radical (unpaired) electrons. The summed E-state index contributed by atoms with van der Waals surface area (Å²) in [7, 11) is 0. The number of primary amides is 1. The number of urea groups is 1. The van der Waals surface area contributed by atoms with Gasteiger partial charge in [0.05, 0.1) is 5.56 Å². The summed E-state index contributed by atoms with van der Waals surface area (Å²) in [5.41, 5.74) is 4.87. The molecule has 1 aromatic carbocycles. The molecule has 1 aromatic heterocycles. The third-order valence-corrected chi connectivity index (χ3v) is 6.52. The number of amides is 4. The number of halogens is 3. The number of carbonyl (C=O) groups excluding carboxylic acids is 3. The molecule has 2 aromatic rings. The maximum absolute atomic E-state index is 14.0. The first-order valence-corrected chi connectivity index (χ1v) is 13.1. The lowest BCUT2D eigenvalue weighted by Gasteiger charge is -2.18. The Hall–Kier alpha value is -2.80. The van der Waals surface area contributed by atoms with Crippen LogP contribution in [0.15, 0.2) is 16.6 Å². The molecule has 0 fully saturated rings. The summed E-state index contributed by atoms with van der Waals surface area (Å²) in [4.78, 5) is 37.9. The van der Waals surface area contributed by atoms with Crippen LogP contribution in [0.3, 0.4) is 0 Å². The van der Waals surface area contributed by atoms with Gasteiger partial charge in [-0.05, 0) is 50.4 Å². The fourth-order valence-electron chi connectivity index (χ4n) is 3.37. The number of nitrogens with zero attached hydrogens (tertiary/aromatic N) is 2. The van der Waals surface area contributed by atoms with E-state index in [1.165, 1.54) is 0 Å². The summed E-state index contributed by atoms with van der Waals surface area (Å²) in [5.74, 6) is -2.64. The topological polar surface area (TPSA) is 127 Å². The fraction of sp³-hybridized carbons (Fsp3) is 0.478. The average molecular weight is 590 g/mol. The van der Waals surface area contributed by atoms with Gasteiger partial charge in [0, 0.05) is 30.5 Å². The molecule has 198 valence electrons. The average Bonchev–Trinajstić information content (AvgIpc) is 3.21. The maximum atomic E-state index is 14.0. The highest BCUT2D eigenvalue weighted by atomic mass is 79.9. The molecule has 0 unspecified atom stereocenters. The number of hydrogen-bond donors (Lipinski definition) is 3. The van der Waals surface area contributed by atoms with Crippen LogP contribution in [0.1, 0.15) is 61.9 Å². The molecular weight excluding hydrogens is 560 g/mol. The van der Waals surface area contributed by atoms with Crippen molar-refractivity contribution in [2.24, 2.45) is 5.73 Å². The van der Waals surface area contributed by atoms with Crippen LogP contribution >= 0.6 is 27.5 Å². The van der Waals surface area contributed by atoms with E-state index in [-0.39, 0.29) is 32.4 Å². The first-order chi connectivity index (χ1) is 17.2. The van der Waals surface area contributed by atoms with Gasteiger partial charge in [-0.1, -0.05) is 28.8 Å². The van der Waals surface area contributed by atoms with Crippen LogP contribution in [-0.4, -0.2) is 46.8 Å². The zero-order chi connectivity index (χ0) is 26.7. The summed E-state index contributed by atoms with van der Waals surface area (Å²) in [6.45, 7) is 5.20. The molecule has 0 saturated heterocycles. The van der Waals surface area contributed by atoms with Crippen LogP contribution < -0.4 is 21.1 Å². The Morgan fingerprint density at radius 2 is 1.75 bits per heavy atom. The highest BCUT2D eigenvalue weighted by Gasteiger charge is 2.23. The third-order valence-electron chi connectivity index (χ3n) is 5.31. The van der Waals surface area contributed by atoms with Crippen LogP contribution in [0.25, 0.3) is 0 Å². The predicted molar refractivity (Wildman–Crippen MR) is 137 cm³/mol. The highest BCUT2D eigenvalue weighted by Crippen LogP contribution is 2.31. The molecular formula is C23H30BrF2N5O4S. The van der Waals surface area contributed by atoms with E-state index in [2.05, 4.69) is 30.9 Å². The second-order valence-corrected chi connectivity index (χ2v) is 9.49. The van der Waals surface area contributed by atoms with Crippen LogP contribution in [0, 0.1) is 11.6 Å². The number of rotatable bonds is 14. The number of hydrogen-bond acceptors (Lipinski definition) is 6. The SMILES string of the molecule is CCN(CC)C(=O)CCCCCCNC(=O)Nc1snc(OCc2c(F)cc(Br)cc2F)c1C(N)=O. The monoisotopic (exact) mass is 589 g/mol. The molecule has 0 spiro atoms. The number of aromatic nitrogens is 1. The van der Waals surface area contributed by atoms with Crippen molar-refractivity contribution in [3.05, 3.63) is 39.4 Å². The van der Waals surface area contributed by atoms with Gasteiger partial charge in [0.2, 0.25) is 11.8 Å². The van der Waals surface area contributed by atoms with Crippen molar-refractivity contribution in [2.75, 3.05) is 25.0 Å². The van der Waals surface area contributed by atoms with E-state index in [0.29, 0.717) is 26.1 Å². The maximum Gasteiger partial charge on any atom is 0.319 e. The Bertz CT molecular complexity index is 1040. The van der Waals surface area contributed by atoms with E-state index in [1.54, 1.807) is 4.90 Å². The lowest BCUT2D eigenvalue weighted by Crippen LogP contribution is -2.30. The van der Waals surface area contributed by atoms with E-state index < -0.39 is 30.2 Å². The molecule has 0 bridgehead atoms. The van der Waals surface area contributed by atoms with Gasteiger partial charge in [-0.15, -0.1) is 0 Å². The highest BCUT2D eigenvalue weighted by molar-refractivity contribution is 9.10. The minimum atomic E-state index is -0.912. The Morgan fingerprint density at radius 1 is 1.11 bits per heavy atom. The van der Waals surface area contributed by atoms with Gasteiger partial charge in [-0.2, -0.15) is 4.37 Å². The van der Waals surface area contributed by atoms with E-state index in [9.17, 15) is 23.2 Å². The zero-order valence-electron chi connectivity index (χ0n) is 20.2. The van der Waals surface area contributed by atoms with Crippen molar-refractivity contribution in [1.29, 1.82) is 0 Å². The van der Waals surface area contributed by atoms with Gasteiger partial charge in [-0.3, -0.25) is 14.9 Å². The van der Waals surface area contributed by atoms with Crippen LogP contribution in [-0.2, 0) is 11.4 Å². The molecule has 4 amide bonds. The smallest absolute Gasteiger partial charge is 0.319 e. The van der Waals surface area contributed by atoms with Gasteiger partial charge in [0.25, 0.3) is 5.91 Å². The van der Waals surface area contributed by atoms with Crippen LogP contribution in [0.4, 0.5) is 18.6 Å². The van der Waals surface area contributed by atoms with Crippen molar-refractivity contribution in [2.45, 2.75) is 52.6 Å². The first kappa shape index (κ1) is 29.4. The first-order valence-electron chi connectivity index (χ1n) is 11.6. The quantitative estimate of drug-likeness (QED) is 0.273. The van der Waals surface area contributed by atoms with E-state index >= 15 is 0 Å². The minimum Gasteiger partial charge on any atom is -0.471 e. The summed E-state index contributed by atoms with van der Waals surface area (Å²) in [5, 5.41) is 5.24. The molecule has 4 N–H and O–H groups in total. The summed E-state index contributed by atoms with van der Waals surface area (Å²) in [6, 6.07) is 1.61. The number of anilines is 1. The van der Waals surface area contributed by atoms with Crippen LogP contribution in [0.5, 0.6) is 5.88 Å². The number of unbranched alkanes of at least 4 members (excludes halogenated alkanes) is 3. The van der Waals surface area contributed by atoms with Crippen molar-refractivity contribution in [1.82, 2.24) is 14.6 Å². The normalized spacial score (nSPS) is 10.7. The summed E-state index contributed by atoms with van der Waals surface area (Å²) >= 11 is 3.75. The lowest BCUT2D eigenvalue weighted by molar-refractivity contribution is -0.130. The summed E-state index contributed by atoms with van der Waals surface area (Å²) in [6.07, 6.45) is 3.75. The summed E-state index contributed by atoms with van der Waals surface area (Å²) < 4.78 is 37.6. The van der Waals surface area contributed by atoms with E-state index in [1.807, 2.05) is 13.8 Å². The molecule has 0 aliphatic carbocycles. The molecule has 9 nitrogen and oxygen atoms in total. The van der Waals surface area contributed by atoms with Gasteiger partial charge >= 0.3 is 6.03 Å². The van der Waals surface area contributed by atoms with E-state index in [4.69, 9.17) is 10.5 Å². The Kier molecular flexibility index (Phi) is 12.0. The Labute approximate surface area is 221 Å². The molecule has 0 saturated carbocycles. The van der Waals surface area contributed by atoms with Gasteiger partial charge in [0.15, 0.2) is 0 Å². The molecule has 0 aliphatic heterocycles. The van der Waals surface area contributed by atoms with Gasteiger partial charge < -0.3 is 20.7 Å². The Morgan fingerprint density at radius 3 is 2.36 bits per heavy atom. The van der Waals surface area contributed by atoms with Crippen molar-refractivity contribution in [3.8, 4) is 5.88 Å². The fourth-order valence-corrected chi connectivity index (χ4v) is 4.50. The molecule has 1 heterocycles. The number of benzene rings is 1. The van der Waals surface area contributed by atoms with Crippen LogP contribution in [0.2, 0.25) is 0 Å². The number of carbonyl (C=O) groups is 3. The second-order valence-electron chi connectivity index (χ2n) is 7.80. The molecule has 0 aliphatic rings. The van der Waals surface area contributed by atoms with Gasteiger partial charge in [0.1, 0.15) is 28.8 Å². The Balaban J connectivity index is 1.80. The van der Waals surface area contributed by atoms with E-state index in [0.717, 1.165) is 49.3 Å². The standard InChI is InChI=1S/C23H30BrF2N5O4S/c1-3-31(4-2)18(32)9-7-5-6-8-10-28-23(34)29-22-19(20(27)33)21(30-36-22)35-13-15-16(25)11-14(24)12-17(15)26/h11-12H,3-10,13H2,1-2H3,(H2,27,33)(H2,28,29,34). The second kappa shape index (κ2) is 14.7. The van der Waals surface area contributed by atoms with Crippen molar-refractivity contribution >= 4 is 50.3 Å². The molecule has 36 heavy (non-hydrogen) atoms. The van der Waals surface area contributed by atoms with Crippen molar-refractivity contribution in [3.63, 3.8) is 0 Å². The number of ether oxygens (including phenoxy) is 1. The third kappa shape index (κ3) is 8.70. The molecule has 0 atom stereocenters. The molecule has 13 heteroatoms. The zero-order valence-corrected chi connectivity index (χ0v) is 22.6. The number of nitrogens with two attached hydrogens (primary N) is 1. The molecule has 2 rings (SSSR count). The van der Waals surface area contributed by atoms with Gasteiger partial charge in [-0.25, -0.2) is 13.6 Å². The van der Waals surface area contributed by atoms with Crippen molar-refractivity contribution < 1.29 is 27.9 Å².